The minimum atomic E-state index is -4.75. The third-order valence-electron chi connectivity index (χ3n) is 4.85. The van der Waals surface area contributed by atoms with Crippen LogP contribution in [0.2, 0.25) is 10.2 Å². The Labute approximate surface area is 221 Å². The maximum Gasteiger partial charge on any atom is 0.416 e. The van der Waals surface area contributed by atoms with E-state index in [4.69, 9.17) is 34.8 Å². The molecule has 0 radical (unpaired) electrons. The molecule has 37 heavy (non-hydrogen) atoms. The molecule has 16 heteroatoms. The summed E-state index contributed by atoms with van der Waals surface area (Å²) in [7, 11) is -4.06. The number of sulfonamides is 1. The van der Waals surface area contributed by atoms with E-state index in [1.165, 1.54) is 36.4 Å². The van der Waals surface area contributed by atoms with E-state index in [0.717, 1.165) is 6.07 Å². The first-order valence-corrected chi connectivity index (χ1v) is 12.4. The summed E-state index contributed by atoms with van der Waals surface area (Å²) < 4.78 is 66.7. The van der Waals surface area contributed by atoms with E-state index in [2.05, 4.69) is 20.2 Å². The molecule has 1 aliphatic rings. The Bertz CT molecular complexity index is 1550. The zero-order valence-electron chi connectivity index (χ0n) is 17.8. The van der Waals surface area contributed by atoms with Gasteiger partial charge < -0.3 is 5.32 Å². The van der Waals surface area contributed by atoms with Gasteiger partial charge in [-0.3, -0.25) is 14.3 Å². The van der Waals surface area contributed by atoms with Crippen LogP contribution in [0.3, 0.4) is 0 Å². The monoisotopic (exact) mass is 591 g/mol. The quantitative estimate of drug-likeness (QED) is 0.385. The van der Waals surface area contributed by atoms with Crippen LogP contribution in [0.25, 0.3) is 0 Å². The lowest BCUT2D eigenvalue weighted by molar-refractivity contribution is -0.137. The minimum Gasteiger partial charge on any atom is -0.350 e. The van der Waals surface area contributed by atoms with Gasteiger partial charge in [0.15, 0.2) is 11.0 Å². The molecule has 0 saturated heterocycles. The molecule has 0 atom stereocenters. The van der Waals surface area contributed by atoms with Crippen LogP contribution in [0.4, 0.5) is 30.4 Å². The fourth-order valence-electron chi connectivity index (χ4n) is 3.12. The molecule has 9 nitrogen and oxygen atoms in total. The third kappa shape index (κ3) is 5.49. The van der Waals surface area contributed by atoms with Gasteiger partial charge in [-0.05, 0) is 54.6 Å². The summed E-state index contributed by atoms with van der Waals surface area (Å²) in [4.78, 5) is 25.8. The van der Waals surface area contributed by atoms with Crippen LogP contribution in [-0.4, -0.2) is 30.4 Å². The molecular weight excluding hydrogens is 582 g/mol. The summed E-state index contributed by atoms with van der Waals surface area (Å²) >= 11 is 17.6. The maximum absolute atomic E-state index is 13.1. The first-order chi connectivity index (χ1) is 17.3. The Morgan fingerprint density at radius 2 is 1.54 bits per heavy atom. The SMILES string of the molecule is O=C1C(Cl)=C(Nc2ccc(S(=O)(=O)Nc3ccc(Cl)nn3)cc2)C(=O)N1c1cc(C(F)(F)F)ccc1Cl. The van der Waals surface area contributed by atoms with Crippen LogP contribution in [-0.2, 0) is 25.8 Å². The van der Waals surface area contributed by atoms with Gasteiger partial charge in [0.05, 0.1) is 21.2 Å². The van der Waals surface area contributed by atoms with Crippen LogP contribution in [0.1, 0.15) is 5.56 Å². The Morgan fingerprint density at radius 3 is 2.14 bits per heavy atom. The van der Waals surface area contributed by atoms with Gasteiger partial charge in [-0.2, -0.15) is 13.2 Å². The van der Waals surface area contributed by atoms with Crippen molar-refractivity contribution in [1.29, 1.82) is 0 Å². The van der Waals surface area contributed by atoms with E-state index in [-0.39, 0.29) is 26.6 Å². The Balaban J connectivity index is 1.55. The van der Waals surface area contributed by atoms with Crippen molar-refractivity contribution < 1.29 is 31.2 Å². The number of hydrogen-bond acceptors (Lipinski definition) is 7. The number of benzene rings is 2. The molecule has 0 spiro atoms. The summed E-state index contributed by atoms with van der Waals surface area (Å²) in [6.07, 6.45) is -4.75. The van der Waals surface area contributed by atoms with E-state index in [1.54, 1.807) is 0 Å². The Morgan fingerprint density at radius 1 is 0.865 bits per heavy atom. The second kappa shape index (κ2) is 9.82. The molecule has 0 unspecified atom stereocenters. The minimum absolute atomic E-state index is 0.0696. The van der Waals surface area contributed by atoms with Crippen molar-refractivity contribution >= 4 is 73.8 Å². The zero-order valence-corrected chi connectivity index (χ0v) is 20.9. The van der Waals surface area contributed by atoms with Crippen LogP contribution < -0.4 is 14.9 Å². The molecule has 2 aromatic carbocycles. The van der Waals surface area contributed by atoms with Crippen molar-refractivity contribution in [2.75, 3.05) is 14.9 Å². The summed E-state index contributed by atoms with van der Waals surface area (Å²) in [6, 6.07) is 9.74. The number of alkyl halides is 3. The lowest BCUT2D eigenvalue weighted by atomic mass is 10.2. The first-order valence-electron chi connectivity index (χ1n) is 9.82. The van der Waals surface area contributed by atoms with Crippen LogP contribution in [0.15, 0.2) is 70.2 Å². The highest BCUT2D eigenvalue weighted by Crippen LogP contribution is 2.38. The predicted octanol–water partition coefficient (Wildman–Crippen LogP) is 5.04. The lowest BCUT2D eigenvalue weighted by Gasteiger charge is -2.18. The van der Waals surface area contributed by atoms with Crippen molar-refractivity contribution in [2.24, 2.45) is 0 Å². The van der Waals surface area contributed by atoms with Crippen molar-refractivity contribution in [3.8, 4) is 0 Å². The average Bonchev–Trinajstić information content (AvgIpc) is 3.03. The van der Waals surface area contributed by atoms with Gasteiger partial charge in [-0.15, -0.1) is 10.2 Å². The van der Waals surface area contributed by atoms with Gasteiger partial charge in [-0.1, -0.05) is 34.8 Å². The van der Waals surface area contributed by atoms with Crippen LogP contribution in [0.5, 0.6) is 0 Å². The molecule has 0 aliphatic carbocycles. The Kier molecular flexibility index (Phi) is 7.08. The fourth-order valence-corrected chi connectivity index (χ4v) is 4.63. The number of amides is 2. The highest BCUT2D eigenvalue weighted by atomic mass is 35.5. The van der Waals surface area contributed by atoms with Gasteiger partial charge in [0, 0.05) is 5.69 Å². The number of halogens is 6. The summed E-state index contributed by atoms with van der Waals surface area (Å²) in [6.45, 7) is 0. The molecule has 0 saturated carbocycles. The number of carbonyl (C=O) groups is 2. The van der Waals surface area contributed by atoms with Crippen molar-refractivity contribution in [3.05, 3.63) is 81.1 Å². The topological polar surface area (TPSA) is 121 Å². The van der Waals surface area contributed by atoms with E-state index in [0.29, 0.717) is 17.0 Å². The molecule has 2 amide bonds. The Hall–Kier alpha value is -3.39. The smallest absolute Gasteiger partial charge is 0.350 e. The maximum atomic E-state index is 13.1. The standard InChI is InChI=1S/C21H11Cl3F3N5O4S/c22-13-6-1-10(21(25,26)27)9-14(13)32-19(33)17(24)18(20(32)34)28-11-2-4-12(5-3-11)37(35,36)31-16-8-7-15(23)29-30-16/h1-9,28H,(H,30,31). The highest BCUT2D eigenvalue weighted by Gasteiger charge is 2.41. The van der Waals surface area contributed by atoms with E-state index < -0.39 is 50.0 Å². The molecule has 3 aromatic rings. The molecular formula is C21H11Cl3F3N5O4S. The van der Waals surface area contributed by atoms with Crippen LogP contribution in [0, 0.1) is 0 Å². The molecule has 1 aliphatic heterocycles. The van der Waals surface area contributed by atoms with E-state index in [9.17, 15) is 31.2 Å². The third-order valence-corrected chi connectivity index (χ3v) is 7.09. The molecule has 0 fully saturated rings. The molecule has 0 bridgehead atoms. The summed E-state index contributed by atoms with van der Waals surface area (Å²) in [5.41, 5.74) is -1.92. The molecule has 1 aromatic heterocycles. The molecule has 2 heterocycles. The highest BCUT2D eigenvalue weighted by molar-refractivity contribution is 7.92. The summed E-state index contributed by atoms with van der Waals surface area (Å²) in [5, 5.41) is 8.91. The largest absolute Gasteiger partial charge is 0.416 e. The van der Waals surface area contributed by atoms with E-state index >= 15 is 0 Å². The predicted molar refractivity (Wildman–Crippen MR) is 130 cm³/mol. The van der Waals surface area contributed by atoms with Crippen molar-refractivity contribution in [1.82, 2.24) is 10.2 Å². The number of imide groups is 1. The second-order valence-electron chi connectivity index (χ2n) is 7.29. The number of hydrogen-bond donors (Lipinski definition) is 2. The number of rotatable bonds is 6. The molecule has 4 rings (SSSR count). The second-order valence-corrected chi connectivity index (χ2v) is 10.1. The van der Waals surface area contributed by atoms with Gasteiger partial charge in [-0.25, -0.2) is 13.3 Å². The van der Waals surface area contributed by atoms with Crippen LogP contribution >= 0.6 is 34.8 Å². The van der Waals surface area contributed by atoms with E-state index in [1.807, 2.05) is 0 Å². The summed E-state index contributed by atoms with van der Waals surface area (Å²) in [5.74, 6) is -2.23. The normalized spacial score (nSPS) is 14.4. The van der Waals surface area contributed by atoms with Crippen molar-refractivity contribution in [3.63, 3.8) is 0 Å². The fraction of sp³-hybridized carbons (Fsp3) is 0.0476. The van der Waals surface area contributed by atoms with Gasteiger partial charge in [0.2, 0.25) is 0 Å². The number of aromatic nitrogens is 2. The van der Waals surface area contributed by atoms with Gasteiger partial charge in [0.1, 0.15) is 10.7 Å². The first kappa shape index (κ1) is 26.7. The lowest BCUT2D eigenvalue weighted by Crippen LogP contribution is -2.32. The average molecular weight is 593 g/mol. The van der Waals surface area contributed by atoms with Gasteiger partial charge in [0.25, 0.3) is 21.8 Å². The van der Waals surface area contributed by atoms with Gasteiger partial charge >= 0.3 is 6.18 Å². The van der Waals surface area contributed by atoms with Crippen molar-refractivity contribution in [2.45, 2.75) is 11.1 Å². The molecule has 192 valence electrons. The molecule has 2 N–H and O–H groups in total. The zero-order chi connectivity index (χ0) is 27.1. The number of nitrogens with zero attached hydrogens (tertiary/aromatic N) is 3. The number of carbonyl (C=O) groups excluding carboxylic acids is 2. The number of anilines is 3. The number of nitrogens with one attached hydrogen (secondary N) is 2.